The van der Waals surface area contributed by atoms with Gasteiger partial charge in [-0.05, 0) is 95.4 Å². The van der Waals surface area contributed by atoms with E-state index in [9.17, 15) is 14.4 Å². The van der Waals surface area contributed by atoms with Crippen LogP contribution in [0.15, 0.2) is 39.7 Å². The summed E-state index contributed by atoms with van der Waals surface area (Å²) in [7, 11) is 1.29. The first-order valence-electron chi connectivity index (χ1n) is 12.2. The minimum absolute atomic E-state index is 0.234. The second-order valence-electron chi connectivity index (χ2n) is 9.22. The number of thiophene rings is 1. The summed E-state index contributed by atoms with van der Waals surface area (Å²) in [5, 5.41) is 0.534. The van der Waals surface area contributed by atoms with Crippen molar-refractivity contribution in [2.75, 3.05) is 13.7 Å². The largest absolute Gasteiger partial charge is 0.481 e. The molecule has 2 aliphatic carbocycles. The van der Waals surface area contributed by atoms with Gasteiger partial charge in [-0.3, -0.25) is 9.59 Å². The van der Waals surface area contributed by atoms with Gasteiger partial charge in [-0.25, -0.2) is 4.79 Å². The third kappa shape index (κ3) is 4.66. The van der Waals surface area contributed by atoms with Crippen LogP contribution in [0.2, 0.25) is 0 Å². The molecule has 0 saturated heterocycles. The van der Waals surface area contributed by atoms with Gasteiger partial charge >= 0.3 is 5.97 Å². The number of esters is 1. The number of fused-ring (bicyclic) bond motifs is 3. The Kier molecular flexibility index (Phi) is 7.09. The Labute approximate surface area is 227 Å². The molecule has 0 fully saturated rings. The van der Waals surface area contributed by atoms with E-state index in [0.29, 0.717) is 23.4 Å². The number of allylic oxidation sites excluding steroid dienone is 4. The molecule has 0 atom stereocenters. The molecule has 5 rings (SSSR count). The zero-order valence-electron chi connectivity index (χ0n) is 20.7. The summed E-state index contributed by atoms with van der Waals surface area (Å²) >= 11 is 5.26. The molecule has 2 N–H and O–H groups in total. The van der Waals surface area contributed by atoms with Crippen molar-refractivity contribution >= 4 is 61.4 Å². The number of nitrogens with two attached hydrogens (primary N) is 1. The molecule has 9 heteroatoms. The van der Waals surface area contributed by atoms with Crippen LogP contribution in [-0.2, 0) is 33.7 Å². The van der Waals surface area contributed by atoms with E-state index in [0.717, 1.165) is 58.1 Å². The number of ketones is 1. The average Bonchev–Trinajstić information content (AvgIpc) is 3.60. The van der Waals surface area contributed by atoms with E-state index in [1.165, 1.54) is 17.6 Å². The maximum Gasteiger partial charge on any atom is 0.343 e. The van der Waals surface area contributed by atoms with Gasteiger partial charge in [0.2, 0.25) is 0 Å². The Hall–Kier alpha value is -3.17. The Morgan fingerprint density at radius 3 is 2.65 bits per heavy atom. The van der Waals surface area contributed by atoms with E-state index < -0.39 is 17.7 Å². The number of carbonyl (C=O) groups excluding carboxylic acids is 3. The van der Waals surface area contributed by atoms with Gasteiger partial charge in [0, 0.05) is 17.1 Å². The lowest BCUT2D eigenvalue weighted by molar-refractivity contribution is -0.142. The minimum Gasteiger partial charge on any atom is -0.481 e. The van der Waals surface area contributed by atoms with Gasteiger partial charge in [0.05, 0.1) is 27.4 Å². The molecule has 0 radical (unpaired) electrons. The molecular weight excluding hydrogens is 556 g/mol. The molecule has 2 aromatic heterocycles. The second kappa shape index (κ2) is 10.3. The van der Waals surface area contributed by atoms with Crippen molar-refractivity contribution in [3.63, 3.8) is 0 Å². The number of Topliss-reactive ketones (excluding diaryl/α,β-unsaturated/α-hetero) is 1. The number of amides is 1. The standard InChI is InChI=1S/C28H27BrN2O5S/c1-15-24(27(33)28(30)34)25-20(36-14-23(32)35-2)12-16-7-5-9-19(16)26(25)31(15)13-17-6-3-4-8-18(17)21-10-11-22(29)37-21/h6,8,10-12H,3-5,7,9,13-14H2,1-2H3,(H2,30,34). The van der Waals surface area contributed by atoms with E-state index in [1.807, 2.05) is 19.1 Å². The lowest BCUT2D eigenvalue weighted by Crippen LogP contribution is -2.24. The highest BCUT2D eigenvalue weighted by atomic mass is 79.9. The number of methoxy groups -OCH3 is 1. The first kappa shape index (κ1) is 25.5. The molecule has 7 nitrogen and oxygen atoms in total. The summed E-state index contributed by atoms with van der Waals surface area (Å²) in [5.41, 5.74) is 11.9. The molecule has 37 heavy (non-hydrogen) atoms. The van der Waals surface area contributed by atoms with E-state index in [4.69, 9.17) is 15.2 Å². The summed E-state index contributed by atoms with van der Waals surface area (Å²) in [6.07, 6.45) is 9.12. The summed E-state index contributed by atoms with van der Waals surface area (Å²) in [6, 6.07) is 6.05. The van der Waals surface area contributed by atoms with Gasteiger partial charge in [0.1, 0.15) is 5.75 Å². The highest BCUT2D eigenvalue weighted by molar-refractivity contribution is 9.11. The number of ether oxygens (including phenoxy) is 2. The fourth-order valence-corrected chi connectivity index (χ4v) is 6.85. The van der Waals surface area contributed by atoms with Gasteiger partial charge in [0.15, 0.2) is 6.61 Å². The number of aryl methyl sites for hydroxylation is 2. The van der Waals surface area contributed by atoms with E-state index in [-0.39, 0.29) is 12.2 Å². The van der Waals surface area contributed by atoms with Gasteiger partial charge < -0.3 is 19.8 Å². The van der Waals surface area contributed by atoms with Crippen molar-refractivity contribution in [1.29, 1.82) is 0 Å². The number of hydrogen-bond donors (Lipinski definition) is 1. The fourth-order valence-electron chi connectivity index (χ4n) is 5.39. The van der Waals surface area contributed by atoms with Crippen LogP contribution in [0.1, 0.15) is 51.3 Å². The number of halogens is 1. The molecule has 1 amide bonds. The summed E-state index contributed by atoms with van der Waals surface area (Å²) < 4.78 is 13.8. The van der Waals surface area contributed by atoms with E-state index in [1.54, 1.807) is 11.3 Å². The Morgan fingerprint density at radius 1 is 1.16 bits per heavy atom. The lowest BCUT2D eigenvalue weighted by Gasteiger charge is -2.19. The predicted molar refractivity (Wildman–Crippen MR) is 147 cm³/mol. The number of nitrogens with zero attached hydrogens (tertiary/aromatic N) is 1. The molecule has 192 valence electrons. The van der Waals surface area contributed by atoms with Crippen molar-refractivity contribution in [2.24, 2.45) is 5.73 Å². The van der Waals surface area contributed by atoms with E-state index >= 15 is 0 Å². The van der Waals surface area contributed by atoms with Crippen LogP contribution in [-0.4, -0.2) is 35.9 Å². The zero-order chi connectivity index (χ0) is 26.3. The van der Waals surface area contributed by atoms with Gasteiger partial charge in [-0.2, -0.15) is 0 Å². The highest BCUT2D eigenvalue weighted by Gasteiger charge is 2.31. The smallest absolute Gasteiger partial charge is 0.343 e. The van der Waals surface area contributed by atoms with Crippen LogP contribution >= 0.6 is 27.3 Å². The molecule has 0 spiro atoms. The fraction of sp³-hybridized carbons (Fsp3) is 0.321. The third-order valence-electron chi connectivity index (χ3n) is 7.06. The van der Waals surface area contributed by atoms with Crippen molar-refractivity contribution in [2.45, 2.75) is 45.6 Å². The van der Waals surface area contributed by atoms with Crippen LogP contribution in [0.5, 0.6) is 5.75 Å². The Balaban J connectivity index is 1.71. The number of aromatic nitrogens is 1. The van der Waals surface area contributed by atoms with Crippen molar-refractivity contribution < 1.29 is 23.9 Å². The van der Waals surface area contributed by atoms with Gasteiger partial charge in [-0.15, -0.1) is 11.3 Å². The summed E-state index contributed by atoms with van der Waals surface area (Å²) in [4.78, 5) is 38.3. The van der Waals surface area contributed by atoms with Crippen LogP contribution in [0.3, 0.4) is 0 Å². The average molecular weight is 584 g/mol. The first-order valence-corrected chi connectivity index (χ1v) is 13.8. The first-order chi connectivity index (χ1) is 17.8. The quantitative estimate of drug-likeness (QED) is 0.221. The molecule has 0 bridgehead atoms. The molecule has 2 aliphatic rings. The van der Waals surface area contributed by atoms with Crippen molar-refractivity contribution in [3.8, 4) is 5.75 Å². The van der Waals surface area contributed by atoms with E-state index in [2.05, 4.69) is 38.7 Å². The Morgan fingerprint density at radius 2 is 1.95 bits per heavy atom. The monoisotopic (exact) mass is 582 g/mol. The number of rotatable bonds is 8. The maximum absolute atomic E-state index is 13.2. The van der Waals surface area contributed by atoms with Crippen LogP contribution in [0.25, 0.3) is 16.5 Å². The topological polar surface area (TPSA) is 101 Å². The second-order valence-corrected chi connectivity index (χ2v) is 11.7. The number of carbonyl (C=O) groups is 3. The van der Waals surface area contributed by atoms with Gasteiger partial charge in [-0.1, -0.05) is 12.2 Å². The van der Waals surface area contributed by atoms with Gasteiger partial charge in [0.25, 0.3) is 11.7 Å². The molecule has 0 saturated carbocycles. The van der Waals surface area contributed by atoms with Crippen LogP contribution in [0.4, 0.5) is 0 Å². The SMILES string of the molecule is COC(=O)COc1cc2c(c3c1c(C(=O)C(N)=O)c(C)n3CC1=CCCC=C1c1ccc(Br)s1)CCC2. The predicted octanol–water partition coefficient (Wildman–Crippen LogP) is 5.29. The Bertz CT molecular complexity index is 1510. The highest BCUT2D eigenvalue weighted by Crippen LogP contribution is 2.43. The molecular formula is C28H27BrN2O5S. The zero-order valence-corrected chi connectivity index (χ0v) is 23.1. The summed E-state index contributed by atoms with van der Waals surface area (Å²) in [6.45, 7) is 2.07. The summed E-state index contributed by atoms with van der Waals surface area (Å²) in [5.74, 6) is -1.93. The van der Waals surface area contributed by atoms with Crippen molar-refractivity contribution in [3.05, 3.63) is 67.0 Å². The maximum atomic E-state index is 13.2. The molecule has 3 aromatic rings. The molecule has 0 aliphatic heterocycles. The van der Waals surface area contributed by atoms with Crippen molar-refractivity contribution in [1.82, 2.24) is 4.57 Å². The normalized spacial score (nSPS) is 14.8. The molecule has 0 unspecified atom stereocenters. The number of primary amides is 1. The third-order valence-corrected chi connectivity index (χ3v) is 8.72. The molecule has 2 heterocycles. The number of benzene rings is 1. The lowest BCUT2D eigenvalue weighted by atomic mass is 9.96. The van der Waals surface area contributed by atoms with Crippen LogP contribution < -0.4 is 10.5 Å². The molecule has 1 aromatic carbocycles. The number of hydrogen-bond acceptors (Lipinski definition) is 6. The van der Waals surface area contributed by atoms with Crippen LogP contribution in [0, 0.1) is 6.92 Å². The minimum atomic E-state index is -1.03.